The molecule has 1 nitrogen and oxygen atoms in total. The molecule has 3 aliphatic rings. The van der Waals surface area contributed by atoms with Gasteiger partial charge in [0.2, 0.25) is 0 Å². The number of fused-ring (bicyclic) bond motifs is 2. The van der Waals surface area contributed by atoms with E-state index in [4.69, 9.17) is 0 Å². The summed E-state index contributed by atoms with van der Waals surface area (Å²) in [5, 5.41) is 3.52. The van der Waals surface area contributed by atoms with Crippen molar-refractivity contribution < 1.29 is 0 Å². The second-order valence-electron chi connectivity index (χ2n) is 4.00. The maximum absolute atomic E-state index is 3.52. The van der Waals surface area contributed by atoms with Crippen LogP contribution in [-0.4, -0.2) is 0 Å². The van der Waals surface area contributed by atoms with E-state index >= 15 is 0 Å². The van der Waals surface area contributed by atoms with Gasteiger partial charge in [0.25, 0.3) is 0 Å². The van der Waals surface area contributed by atoms with Gasteiger partial charge in [0, 0.05) is 17.3 Å². The molecule has 1 aliphatic heterocycles. The second-order valence-corrected chi connectivity index (χ2v) is 5.38. The molecule has 0 radical (unpaired) electrons. The lowest BCUT2D eigenvalue weighted by Gasteiger charge is -2.18. The molecule has 1 atom stereocenters. The number of rotatable bonds is 0. The summed E-state index contributed by atoms with van der Waals surface area (Å²) in [5.74, 6) is 0.659. The average molecular weight is 297 g/mol. The molecule has 1 heterocycles. The molecule has 72 valence electrons. The van der Waals surface area contributed by atoms with E-state index in [0.717, 1.165) is 0 Å². The maximum atomic E-state index is 3.52. The smallest absolute Gasteiger partial charge is 0.0377 e. The van der Waals surface area contributed by atoms with E-state index in [1.807, 2.05) is 0 Å². The number of hydrogen-bond donors (Lipinski definition) is 1. The number of halogens is 1. The largest absolute Gasteiger partial charge is 0.358 e. The first-order valence-corrected chi connectivity index (χ1v) is 6.15. The van der Waals surface area contributed by atoms with Gasteiger partial charge < -0.3 is 5.32 Å². The average Bonchev–Trinajstić information content (AvgIpc) is 2.56. The van der Waals surface area contributed by atoms with Gasteiger partial charge in [-0.05, 0) is 63.2 Å². The topological polar surface area (TPSA) is 12.0 Å². The predicted octanol–water partition coefficient (Wildman–Crippen LogP) is 3.42. The summed E-state index contributed by atoms with van der Waals surface area (Å²) in [6, 6.07) is 0. The Morgan fingerprint density at radius 1 is 1.36 bits per heavy atom. The Morgan fingerprint density at radius 2 is 2.29 bits per heavy atom. The van der Waals surface area contributed by atoms with Crippen LogP contribution in [0.1, 0.15) is 19.3 Å². The molecule has 2 heteroatoms. The molecule has 3 rings (SSSR count). The molecule has 0 bridgehead atoms. The first-order valence-electron chi connectivity index (χ1n) is 5.07. The lowest BCUT2D eigenvalue weighted by atomic mass is 9.87. The van der Waals surface area contributed by atoms with Crippen LogP contribution in [0.25, 0.3) is 0 Å². The summed E-state index contributed by atoms with van der Waals surface area (Å²) < 4.78 is 1.47. The van der Waals surface area contributed by atoms with Crippen LogP contribution in [0.15, 0.2) is 44.9 Å². The van der Waals surface area contributed by atoms with Crippen LogP contribution in [0, 0.1) is 5.92 Å². The normalized spacial score (nSPS) is 29.1. The zero-order chi connectivity index (χ0) is 9.54. The Labute approximate surface area is 97.8 Å². The fraction of sp³-hybridized carbons (Fsp3) is 0.333. The van der Waals surface area contributed by atoms with Crippen molar-refractivity contribution in [3.05, 3.63) is 44.9 Å². The van der Waals surface area contributed by atoms with Gasteiger partial charge in [0.1, 0.15) is 0 Å². The Bertz CT molecular complexity index is 399. The third-order valence-electron chi connectivity index (χ3n) is 3.13. The lowest BCUT2D eigenvalue weighted by molar-refractivity contribution is 0.685. The van der Waals surface area contributed by atoms with Gasteiger partial charge in [-0.1, -0.05) is 12.2 Å². The summed E-state index contributed by atoms with van der Waals surface area (Å²) in [4.78, 5) is 0. The maximum Gasteiger partial charge on any atom is 0.0377 e. The molecule has 1 N–H and O–H groups in total. The first-order chi connectivity index (χ1) is 6.84. The fourth-order valence-corrected chi connectivity index (χ4v) is 3.05. The molecule has 0 fully saturated rings. The van der Waals surface area contributed by atoms with Crippen molar-refractivity contribution in [1.82, 2.24) is 5.32 Å². The number of allylic oxidation sites excluding steroid dienone is 6. The van der Waals surface area contributed by atoms with Crippen molar-refractivity contribution in [2.24, 2.45) is 5.92 Å². The van der Waals surface area contributed by atoms with Crippen molar-refractivity contribution in [2.45, 2.75) is 19.3 Å². The monoisotopic (exact) mass is 297 g/mol. The van der Waals surface area contributed by atoms with E-state index in [1.165, 1.54) is 34.2 Å². The van der Waals surface area contributed by atoms with Crippen molar-refractivity contribution in [3.63, 3.8) is 0 Å². The van der Waals surface area contributed by atoms with Gasteiger partial charge in [-0.15, -0.1) is 0 Å². The van der Waals surface area contributed by atoms with E-state index in [1.54, 1.807) is 5.57 Å². The van der Waals surface area contributed by atoms with Crippen LogP contribution in [0.5, 0.6) is 0 Å². The van der Waals surface area contributed by atoms with Crippen molar-refractivity contribution >= 4 is 22.6 Å². The minimum atomic E-state index is 0.659. The van der Waals surface area contributed by atoms with E-state index in [-0.39, 0.29) is 0 Å². The highest BCUT2D eigenvalue weighted by Gasteiger charge is 2.30. The summed E-state index contributed by atoms with van der Waals surface area (Å²) in [6.07, 6.45) is 12.6. The highest BCUT2D eigenvalue weighted by atomic mass is 127. The van der Waals surface area contributed by atoms with Crippen LogP contribution in [-0.2, 0) is 0 Å². The van der Waals surface area contributed by atoms with Gasteiger partial charge in [0.15, 0.2) is 0 Å². The van der Waals surface area contributed by atoms with Crippen molar-refractivity contribution in [1.29, 1.82) is 0 Å². The van der Waals surface area contributed by atoms with E-state index < -0.39 is 0 Å². The summed E-state index contributed by atoms with van der Waals surface area (Å²) in [5.41, 5.74) is 4.40. The Balaban J connectivity index is 1.99. The standard InChI is InChI=1S/C12H12IN/c13-8-5-6-12-10(7-8)9-3-1-2-4-11(9)14-12/h2,4-6,10,14H,1,3,7H2. The summed E-state index contributed by atoms with van der Waals surface area (Å²) in [6.45, 7) is 0. The molecule has 0 aromatic rings. The minimum absolute atomic E-state index is 0.659. The molecular formula is C12H12IN. The molecule has 0 aromatic carbocycles. The van der Waals surface area contributed by atoms with Gasteiger partial charge in [-0.25, -0.2) is 0 Å². The molecule has 14 heavy (non-hydrogen) atoms. The summed E-state index contributed by atoms with van der Waals surface area (Å²) >= 11 is 2.44. The zero-order valence-electron chi connectivity index (χ0n) is 7.89. The van der Waals surface area contributed by atoms with Gasteiger partial charge >= 0.3 is 0 Å². The highest BCUT2D eigenvalue weighted by molar-refractivity contribution is 14.1. The Morgan fingerprint density at radius 3 is 3.21 bits per heavy atom. The SMILES string of the molecule is IC1=CC=C2NC3=C(CCC=C3)C2C1. The van der Waals surface area contributed by atoms with Crippen molar-refractivity contribution in [2.75, 3.05) is 0 Å². The Kier molecular flexibility index (Phi) is 2.04. The molecule has 0 saturated heterocycles. The third kappa shape index (κ3) is 1.28. The third-order valence-corrected chi connectivity index (χ3v) is 3.93. The fourth-order valence-electron chi connectivity index (χ4n) is 2.43. The molecule has 0 aromatic heterocycles. The van der Waals surface area contributed by atoms with Crippen molar-refractivity contribution in [3.8, 4) is 0 Å². The zero-order valence-corrected chi connectivity index (χ0v) is 10.0. The van der Waals surface area contributed by atoms with Gasteiger partial charge in [-0.3, -0.25) is 0 Å². The second kappa shape index (κ2) is 3.26. The lowest BCUT2D eigenvalue weighted by Crippen LogP contribution is -2.11. The van der Waals surface area contributed by atoms with Gasteiger partial charge in [-0.2, -0.15) is 0 Å². The van der Waals surface area contributed by atoms with Crippen LogP contribution >= 0.6 is 22.6 Å². The molecule has 0 amide bonds. The quantitative estimate of drug-likeness (QED) is 0.676. The highest BCUT2D eigenvalue weighted by Crippen LogP contribution is 2.41. The molecule has 2 aliphatic carbocycles. The molecule has 1 unspecified atom stereocenters. The summed E-state index contributed by atoms with van der Waals surface area (Å²) in [7, 11) is 0. The van der Waals surface area contributed by atoms with Gasteiger partial charge in [0.05, 0.1) is 0 Å². The number of nitrogens with one attached hydrogen (secondary N) is 1. The van der Waals surface area contributed by atoms with Crippen LogP contribution < -0.4 is 5.32 Å². The molecular weight excluding hydrogens is 285 g/mol. The molecule has 0 spiro atoms. The molecule has 0 saturated carbocycles. The predicted molar refractivity (Wildman–Crippen MR) is 66.8 cm³/mol. The van der Waals surface area contributed by atoms with Crippen LogP contribution in [0.4, 0.5) is 0 Å². The number of hydrogen-bond acceptors (Lipinski definition) is 1. The minimum Gasteiger partial charge on any atom is -0.358 e. The Hall–Kier alpha value is -0.510. The van der Waals surface area contributed by atoms with E-state index in [9.17, 15) is 0 Å². The van der Waals surface area contributed by atoms with Crippen LogP contribution in [0.3, 0.4) is 0 Å². The van der Waals surface area contributed by atoms with E-state index in [0.29, 0.717) is 5.92 Å². The van der Waals surface area contributed by atoms with E-state index in [2.05, 4.69) is 52.2 Å². The first kappa shape index (κ1) is 8.77. The van der Waals surface area contributed by atoms with Crippen LogP contribution in [0.2, 0.25) is 0 Å².